The third kappa shape index (κ3) is 4.91. The van der Waals surface area contributed by atoms with Gasteiger partial charge in [-0.05, 0) is 37.1 Å². The molecule has 0 aliphatic rings. The van der Waals surface area contributed by atoms with Crippen LogP contribution in [0.4, 0.5) is 0 Å². The smallest absolute Gasteiger partial charge is 0.271 e. The third-order valence-electron chi connectivity index (χ3n) is 3.16. The minimum absolute atomic E-state index is 0.0183. The summed E-state index contributed by atoms with van der Waals surface area (Å²) in [5.74, 6) is -0.509. The number of furan rings is 2. The standard InChI is InChI=1S/C18H22O6/c1-3-9-21-11-13-5-7-15(23-13)17(19)18(20)16-8-6-14(24-16)12-22-10-4-2/h5-8H,3-4,9-12H2,1-2H3. The van der Waals surface area contributed by atoms with Gasteiger partial charge in [0.05, 0.1) is 0 Å². The van der Waals surface area contributed by atoms with Crippen molar-refractivity contribution in [2.24, 2.45) is 0 Å². The summed E-state index contributed by atoms with van der Waals surface area (Å²) in [5.41, 5.74) is 0. The van der Waals surface area contributed by atoms with Gasteiger partial charge in [0.1, 0.15) is 24.7 Å². The van der Waals surface area contributed by atoms with Crippen LogP contribution in [-0.2, 0) is 22.7 Å². The van der Waals surface area contributed by atoms with Crippen molar-refractivity contribution in [3.8, 4) is 0 Å². The van der Waals surface area contributed by atoms with E-state index in [4.69, 9.17) is 18.3 Å². The fraction of sp³-hybridized carbons (Fsp3) is 0.444. The van der Waals surface area contributed by atoms with Gasteiger partial charge in [-0.3, -0.25) is 9.59 Å². The van der Waals surface area contributed by atoms with Crippen LogP contribution in [0.25, 0.3) is 0 Å². The summed E-state index contributed by atoms with van der Waals surface area (Å²) < 4.78 is 21.4. The van der Waals surface area contributed by atoms with E-state index in [9.17, 15) is 9.59 Å². The van der Waals surface area contributed by atoms with Crippen LogP contribution < -0.4 is 0 Å². The van der Waals surface area contributed by atoms with Crippen LogP contribution in [0.2, 0.25) is 0 Å². The molecule has 0 fully saturated rings. The van der Waals surface area contributed by atoms with E-state index in [0.717, 1.165) is 12.8 Å². The third-order valence-corrected chi connectivity index (χ3v) is 3.16. The topological polar surface area (TPSA) is 78.9 Å². The Morgan fingerprint density at radius 1 is 0.792 bits per heavy atom. The van der Waals surface area contributed by atoms with Crippen molar-refractivity contribution >= 4 is 11.6 Å². The Kier molecular flexibility index (Phi) is 6.96. The van der Waals surface area contributed by atoms with Gasteiger partial charge in [-0.25, -0.2) is 0 Å². The molecule has 6 nitrogen and oxygen atoms in total. The summed E-state index contributed by atoms with van der Waals surface area (Å²) in [6.45, 7) is 5.77. The van der Waals surface area contributed by atoms with E-state index in [1.807, 2.05) is 13.8 Å². The number of rotatable bonds is 11. The van der Waals surface area contributed by atoms with Crippen LogP contribution in [-0.4, -0.2) is 24.8 Å². The molecule has 130 valence electrons. The van der Waals surface area contributed by atoms with E-state index in [1.165, 1.54) is 12.1 Å². The lowest BCUT2D eigenvalue weighted by Crippen LogP contribution is -2.12. The highest BCUT2D eigenvalue weighted by molar-refractivity contribution is 6.47. The molecule has 0 saturated heterocycles. The molecule has 2 aromatic heterocycles. The molecular formula is C18H22O6. The van der Waals surface area contributed by atoms with Gasteiger partial charge in [-0.15, -0.1) is 0 Å². The maximum Gasteiger partial charge on any atom is 0.271 e. The van der Waals surface area contributed by atoms with Crippen molar-refractivity contribution in [2.45, 2.75) is 39.9 Å². The molecular weight excluding hydrogens is 312 g/mol. The lowest BCUT2D eigenvalue weighted by Gasteiger charge is -1.99. The SMILES string of the molecule is CCCOCc1ccc(C(=O)C(=O)c2ccc(COCCC)o2)o1. The quantitative estimate of drug-likeness (QED) is 0.353. The van der Waals surface area contributed by atoms with Gasteiger partial charge >= 0.3 is 0 Å². The van der Waals surface area contributed by atoms with Crippen LogP contribution >= 0.6 is 0 Å². The molecule has 0 amide bonds. The van der Waals surface area contributed by atoms with Crippen LogP contribution in [0.1, 0.15) is 59.3 Å². The molecule has 2 rings (SSSR count). The average molecular weight is 334 g/mol. The van der Waals surface area contributed by atoms with Crippen LogP contribution in [0.15, 0.2) is 33.1 Å². The predicted octanol–water partition coefficient (Wildman–Crippen LogP) is 3.79. The number of carbonyl (C=O) groups is 2. The van der Waals surface area contributed by atoms with E-state index < -0.39 is 11.6 Å². The van der Waals surface area contributed by atoms with Crippen molar-refractivity contribution in [1.29, 1.82) is 0 Å². The number of ketones is 2. The fourth-order valence-corrected chi connectivity index (χ4v) is 2.01. The van der Waals surface area contributed by atoms with E-state index >= 15 is 0 Å². The second-order valence-electron chi connectivity index (χ2n) is 5.30. The molecule has 0 N–H and O–H groups in total. The molecule has 2 aromatic rings. The molecule has 0 aliphatic carbocycles. The molecule has 0 spiro atoms. The highest BCUT2D eigenvalue weighted by Gasteiger charge is 2.24. The first-order valence-corrected chi connectivity index (χ1v) is 8.07. The molecule has 0 radical (unpaired) electrons. The van der Waals surface area contributed by atoms with Crippen molar-refractivity contribution in [3.05, 3.63) is 47.3 Å². The van der Waals surface area contributed by atoms with Gasteiger partial charge in [0.25, 0.3) is 11.6 Å². The van der Waals surface area contributed by atoms with Crippen molar-refractivity contribution < 1.29 is 27.9 Å². The zero-order chi connectivity index (χ0) is 17.4. The number of hydrogen-bond acceptors (Lipinski definition) is 6. The predicted molar refractivity (Wildman–Crippen MR) is 86.0 cm³/mol. The van der Waals surface area contributed by atoms with E-state index in [0.29, 0.717) is 24.7 Å². The molecule has 0 atom stereocenters. The summed E-state index contributed by atoms with van der Waals surface area (Å²) >= 11 is 0. The van der Waals surface area contributed by atoms with Crippen molar-refractivity contribution in [3.63, 3.8) is 0 Å². The highest BCUT2D eigenvalue weighted by atomic mass is 16.5. The first kappa shape index (κ1) is 18.2. The summed E-state index contributed by atoms with van der Waals surface area (Å²) in [5, 5.41) is 0. The van der Waals surface area contributed by atoms with E-state index in [-0.39, 0.29) is 24.7 Å². The van der Waals surface area contributed by atoms with E-state index in [2.05, 4.69) is 0 Å². The Labute approximate surface area is 140 Å². The Balaban J connectivity index is 1.95. The van der Waals surface area contributed by atoms with Gasteiger partial charge in [-0.1, -0.05) is 13.8 Å². The van der Waals surface area contributed by atoms with Crippen LogP contribution in [0, 0.1) is 0 Å². The summed E-state index contributed by atoms with van der Waals surface area (Å²) in [4.78, 5) is 24.4. The number of hydrogen-bond donors (Lipinski definition) is 0. The molecule has 0 unspecified atom stereocenters. The molecule has 6 heteroatoms. The summed E-state index contributed by atoms with van der Waals surface area (Å²) in [6, 6.07) is 6.20. The average Bonchev–Trinajstić information content (AvgIpc) is 3.24. The molecule has 0 aromatic carbocycles. The number of carbonyl (C=O) groups excluding carboxylic acids is 2. The summed E-state index contributed by atoms with van der Waals surface area (Å²) in [7, 11) is 0. The second kappa shape index (κ2) is 9.20. The highest BCUT2D eigenvalue weighted by Crippen LogP contribution is 2.15. The monoisotopic (exact) mass is 334 g/mol. The van der Waals surface area contributed by atoms with E-state index in [1.54, 1.807) is 12.1 Å². The van der Waals surface area contributed by atoms with Gasteiger partial charge < -0.3 is 18.3 Å². The van der Waals surface area contributed by atoms with Crippen LogP contribution in [0.3, 0.4) is 0 Å². The first-order valence-electron chi connectivity index (χ1n) is 8.07. The van der Waals surface area contributed by atoms with Gasteiger partial charge in [0.15, 0.2) is 11.5 Å². The minimum Gasteiger partial charge on any atom is -0.455 e. The van der Waals surface area contributed by atoms with Crippen molar-refractivity contribution in [1.82, 2.24) is 0 Å². The maximum absolute atomic E-state index is 12.2. The van der Waals surface area contributed by atoms with Crippen molar-refractivity contribution in [2.75, 3.05) is 13.2 Å². The van der Waals surface area contributed by atoms with Gasteiger partial charge in [-0.2, -0.15) is 0 Å². The molecule has 2 heterocycles. The Morgan fingerprint density at radius 2 is 1.21 bits per heavy atom. The maximum atomic E-state index is 12.2. The number of ether oxygens (including phenoxy) is 2. The first-order chi connectivity index (χ1) is 11.7. The zero-order valence-electron chi connectivity index (χ0n) is 14.0. The fourth-order valence-electron chi connectivity index (χ4n) is 2.01. The molecule has 0 aliphatic heterocycles. The van der Waals surface area contributed by atoms with Gasteiger partial charge in [0, 0.05) is 13.2 Å². The Bertz CT molecular complexity index is 608. The lowest BCUT2D eigenvalue weighted by atomic mass is 10.2. The molecule has 0 saturated carbocycles. The minimum atomic E-state index is -0.743. The normalized spacial score (nSPS) is 10.9. The zero-order valence-corrected chi connectivity index (χ0v) is 14.0. The van der Waals surface area contributed by atoms with Crippen LogP contribution in [0.5, 0.6) is 0 Å². The lowest BCUT2D eigenvalue weighted by molar-refractivity contribution is 0.0765. The molecule has 24 heavy (non-hydrogen) atoms. The summed E-state index contributed by atoms with van der Waals surface area (Å²) in [6.07, 6.45) is 1.79. The molecule has 0 bridgehead atoms. The Hall–Kier alpha value is -2.18. The Morgan fingerprint density at radius 3 is 1.58 bits per heavy atom. The largest absolute Gasteiger partial charge is 0.455 e. The van der Waals surface area contributed by atoms with Gasteiger partial charge in [0.2, 0.25) is 0 Å². The number of Topliss-reactive ketones (excluding diaryl/α,β-unsaturated/α-hetero) is 2. The second-order valence-corrected chi connectivity index (χ2v) is 5.30.